The Balaban J connectivity index is 1.91. The second-order valence-electron chi connectivity index (χ2n) is 5.38. The molecule has 0 bridgehead atoms. The standard InChI is InChI=1S/C15H20F2N2O3/c1-19(9-14(20)18-11-4-5-11)8-10-3-6-12(22-15(16)17)13(7-10)21-2/h3,6-7,11,15H,4-5,8-9H2,1-2H3,(H,18,20). The molecule has 5 nitrogen and oxygen atoms in total. The van der Waals surface area contributed by atoms with Gasteiger partial charge in [-0.3, -0.25) is 9.69 Å². The van der Waals surface area contributed by atoms with Gasteiger partial charge in [0, 0.05) is 12.6 Å². The Morgan fingerprint density at radius 2 is 2.14 bits per heavy atom. The monoisotopic (exact) mass is 314 g/mol. The number of nitrogens with zero attached hydrogens (tertiary/aromatic N) is 1. The van der Waals surface area contributed by atoms with Crippen LogP contribution in [0.1, 0.15) is 18.4 Å². The lowest BCUT2D eigenvalue weighted by Gasteiger charge is -2.17. The smallest absolute Gasteiger partial charge is 0.387 e. The third kappa shape index (κ3) is 5.14. The molecule has 1 aromatic rings. The van der Waals surface area contributed by atoms with Gasteiger partial charge in [-0.15, -0.1) is 0 Å². The van der Waals surface area contributed by atoms with Gasteiger partial charge in [0.15, 0.2) is 11.5 Å². The number of hydrogen-bond acceptors (Lipinski definition) is 4. The molecule has 1 aromatic carbocycles. The minimum atomic E-state index is -2.89. The average molecular weight is 314 g/mol. The van der Waals surface area contributed by atoms with E-state index in [-0.39, 0.29) is 24.0 Å². The molecule has 0 spiro atoms. The molecule has 1 saturated carbocycles. The van der Waals surface area contributed by atoms with E-state index >= 15 is 0 Å². The minimum absolute atomic E-state index is 0.00428. The van der Waals surface area contributed by atoms with Gasteiger partial charge in [-0.05, 0) is 37.6 Å². The van der Waals surface area contributed by atoms with Crippen LogP contribution in [0.15, 0.2) is 18.2 Å². The van der Waals surface area contributed by atoms with Crippen LogP contribution >= 0.6 is 0 Å². The van der Waals surface area contributed by atoms with Crippen LogP contribution in [0.25, 0.3) is 0 Å². The molecule has 22 heavy (non-hydrogen) atoms. The molecule has 7 heteroatoms. The van der Waals surface area contributed by atoms with Crippen molar-refractivity contribution in [1.82, 2.24) is 10.2 Å². The Bertz CT molecular complexity index is 522. The van der Waals surface area contributed by atoms with Crippen LogP contribution in [0.2, 0.25) is 0 Å². The van der Waals surface area contributed by atoms with Gasteiger partial charge >= 0.3 is 6.61 Å². The van der Waals surface area contributed by atoms with Gasteiger partial charge in [0.05, 0.1) is 13.7 Å². The summed E-state index contributed by atoms with van der Waals surface area (Å²) in [6.45, 7) is -2.11. The Hall–Kier alpha value is -1.89. The average Bonchev–Trinajstić information content (AvgIpc) is 3.23. The van der Waals surface area contributed by atoms with Gasteiger partial charge in [0.2, 0.25) is 5.91 Å². The number of amides is 1. The fraction of sp³-hybridized carbons (Fsp3) is 0.533. The summed E-state index contributed by atoms with van der Waals surface area (Å²) in [5.41, 5.74) is 0.847. The summed E-state index contributed by atoms with van der Waals surface area (Å²) < 4.78 is 34.0. The molecule has 122 valence electrons. The summed E-state index contributed by atoms with van der Waals surface area (Å²) in [5.74, 6) is 0.235. The van der Waals surface area contributed by atoms with E-state index in [9.17, 15) is 13.6 Å². The molecule has 0 heterocycles. The summed E-state index contributed by atoms with van der Waals surface area (Å²) in [4.78, 5) is 13.6. The first-order valence-corrected chi connectivity index (χ1v) is 7.07. The molecule has 1 N–H and O–H groups in total. The Kier molecular flexibility index (Phi) is 5.54. The van der Waals surface area contributed by atoms with E-state index < -0.39 is 6.61 Å². The normalized spacial score (nSPS) is 14.3. The number of ether oxygens (including phenoxy) is 2. The predicted octanol–water partition coefficient (Wildman–Crippen LogP) is 2.01. The van der Waals surface area contributed by atoms with Crippen molar-refractivity contribution in [3.05, 3.63) is 23.8 Å². The number of likely N-dealkylation sites (N-methyl/N-ethyl adjacent to an activating group) is 1. The quantitative estimate of drug-likeness (QED) is 0.797. The van der Waals surface area contributed by atoms with E-state index in [2.05, 4.69) is 10.1 Å². The molecule has 0 aromatic heterocycles. The maximum absolute atomic E-state index is 12.3. The van der Waals surface area contributed by atoms with Gasteiger partial charge in [0.25, 0.3) is 0 Å². The molecular formula is C15H20F2N2O3. The van der Waals surface area contributed by atoms with Crippen molar-refractivity contribution in [3.63, 3.8) is 0 Å². The lowest BCUT2D eigenvalue weighted by atomic mass is 10.2. The number of carbonyl (C=O) groups excluding carboxylic acids is 1. The first kappa shape index (κ1) is 16.5. The molecular weight excluding hydrogens is 294 g/mol. The van der Waals surface area contributed by atoms with Crippen LogP contribution in [0.5, 0.6) is 11.5 Å². The molecule has 0 saturated heterocycles. The van der Waals surface area contributed by atoms with Crippen molar-refractivity contribution in [2.75, 3.05) is 20.7 Å². The first-order chi connectivity index (χ1) is 10.5. The summed E-state index contributed by atoms with van der Waals surface area (Å²) in [6.07, 6.45) is 2.11. The molecule has 1 aliphatic carbocycles. The number of alkyl halides is 2. The van der Waals surface area contributed by atoms with Crippen molar-refractivity contribution in [2.45, 2.75) is 32.0 Å². The van der Waals surface area contributed by atoms with Crippen molar-refractivity contribution in [1.29, 1.82) is 0 Å². The van der Waals surface area contributed by atoms with Crippen molar-refractivity contribution in [2.24, 2.45) is 0 Å². The zero-order valence-corrected chi connectivity index (χ0v) is 12.6. The zero-order chi connectivity index (χ0) is 16.1. The van der Waals surface area contributed by atoms with Gasteiger partial charge in [0.1, 0.15) is 0 Å². The van der Waals surface area contributed by atoms with Crippen LogP contribution < -0.4 is 14.8 Å². The number of hydrogen-bond donors (Lipinski definition) is 1. The number of methoxy groups -OCH3 is 1. The van der Waals surface area contributed by atoms with Gasteiger partial charge < -0.3 is 14.8 Å². The largest absolute Gasteiger partial charge is 0.493 e. The Morgan fingerprint density at radius 1 is 1.41 bits per heavy atom. The second kappa shape index (κ2) is 7.40. The van der Waals surface area contributed by atoms with Crippen molar-refractivity contribution in [3.8, 4) is 11.5 Å². The summed E-state index contributed by atoms with van der Waals surface area (Å²) in [7, 11) is 3.22. The van der Waals surface area contributed by atoms with Crippen molar-refractivity contribution >= 4 is 5.91 Å². The van der Waals surface area contributed by atoms with Gasteiger partial charge in [-0.1, -0.05) is 6.07 Å². The number of nitrogens with one attached hydrogen (secondary N) is 1. The maximum Gasteiger partial charge on any atom is 0.387 e. The number of rotatable bonds is 8. The lowest BCUT2D eigenvalue weighted by Crippen LogP contribution is -2.35. The second-order valence-corrected chi connectivity index (χ2v) is 5.38. The molecule has 1 fully saturated rings. The van der Waals surface area contributed by atoms with E-state index in [4.69, 9.17) is 4.74 Å². The fourth-order valence-electron chi connectivity index (χ4n) is 2.12. The minimum Gasteiger partial charge on any atom is -0.493 e. The van der Waals surface area contributed by atoms with Crippen LogP contribution in [0.4, 0.5) is 8.78 Å². The number of halogens is 2. The highest BCUT2D eigenvalue weighted by Crippen LogP contribution is 2.29. The highest BCUT2D eigenvalue weighted by atomic mass is 19.3. The molecule has 0 aliphatic heterocycles. The fourth-order valence-corrected chi connectivity index (χ4v) is 2.12. The molecule has 1 amide bonds. The zero-order valence-electron chi connectivity index (χ0n) is 12.6. The summed E-state index contributed by atoms with van der Waals surface area (Å²) >= 11 is 0. The van der Waals surface area contributed by atoms with E-state index in [1.807, 2.05) is 11.9 Å². The summed E-state index contributed by atoms with van der Waals surface area (Å²) in [6, 6.07) is 5.09. The van der Waals surface area contributed by atoms with Crippen LogP contribution in [0, 0.1) is 0 Å². The predicted molar refractivity (Wildman–Crippen MR) is 77.1 cm³/mol. The molecule has 1 aliphatic rings. The molecule has 0 radical (unpaired) electrons. The van der Waals surface area contributed by atoms with Crippen LogP contribution in [0.3, 0.4) is 0 Å². The molecule has 0 unspecified atom stereocenters. The van der Waals surface area contributed by atoms with E-state index in [0.717, 1.165) is 18.4 Å². The first-order valence-electron chi connectivity index (χ1n) is 7.07. The Labute approximate surface area is 128 Å². The van der Waals surface area contributed by atoms with Crippen LogP contribution in [-0.4, -0.2) is 44.2 Å². The summed E-state index contributed by atoms with van der Waals surface area (Å²) in [5, 5.41) is 2.92. The lowest BCUT2D eigenvalue weighted by molar-refractivity contribution is -0.122. The van der Waals surface area contributed by atoms with Crippen LogP contribution in [-0.2, 0) is 11.3 Å². The third-order valence-electron chi connectivity index (χ3n) is 3.25. The molecule has 0 atom stereocenters. The van der Waals surface area contributed by atoms with Gasteiger partial charge in [-0.25, -0.2) is 0 Å². The van der Waals surface area contributed by atoms with E-state index in [1.165, 1.54) is 13.2 Å². The SMILES string of the molecule is COc1cc(CN(C)CC(=O)NC2CC2)ccc1OC(F)F. The highest BCUT2D eigenvalue weighted by molar-refractivity contribution is 5.78. The number of benzene rings is 1. The maximum atomic E-state index is 12.3. The van der Waals surface area contributed by atoms with E-state index in [0.29, 0.717) is 12.6 Å². The Morgan fingerprint density at radius 3 is 2.73 bits per heavy atom. The van der Waals surface area contributed by atoms with Crippen molar-refractivity contribution < 1.29 is 23.0 Å². The third-order valence-corrected chi connectivity index (χ3v) is 3.25. The number of carbonyl (C=O) groups is 1. The topological polar surface area (TPSA) is 50.8 Å². The van der Waals surface area contributed by atoms with Gasteiger partial charge in [-0.2, -0.15) is 8.78 Å². The van der Waals surface area contributed by atoms with E-state index in [1.54, 1.807) is 12.1 Å². The highest BCUT2D eigenvalue weighted by Gasteiger charge is 2.23. The molecule has 2 rings (SSSR count).